The van der Waals surface area contributed by atoms with Gasteiger partial charge < -0.3 is 19.2 Å². The fourth-order valence-electron chi connectivity index (χ4n) is 3.04. The van der Waals surface area contributed by atoms with Crippen LogP contribution in [0.25, 0.3) is 0 Å². The summed E-state index contributed by atoms with van der Waals surface area (Å²) >= 11 is 0. The minimum atomic E-state index is -1.86. The van der Waals surface area contributed by atoms with Crippen LogP contribution in [0.4, 0.5) is 0 Å². The summed E-state index contributed by atoms with van der Waals surface area (Å²) in [6.07, 6.45) is 1.83. The number of carbonyl (C=O) groups is 1. The lowest BCUT2D eigenvalue weighted by Crippen LogP contribution is -2.45. The molecule has 0 spiro atoms. The molecule has 2 aliphatic rings. The van der Waals surface area contributed by atoms with E-state index in [1.165, 1.54) is 0 Å². The highest BCUT2D eigenvalue weighted by Crippen LogP contribution is 2.40. The number of hydrogen-bond acceptors (Lipinski definition) is 4. The number of carbonyl (C=O) groups excluding carboxylic acids is 1. The van der Waals surface area contributed by atoms with Crippen LogP contribution in [-0.4, -0.2) is 45.9 Å². The zero-order valence-corrected chi connectivity index (χ0v) is 16.3. The van der Waals surface area contributed by atoms with E-state index < -0.39 is 14.1 Å². The van der Waals surface area contributed by atoms with Gasteiger partial charge in [-0.25, -0.2) is 0 Å². The van der Waals surface area contributed by atoms with Crippen molar-refractivity contribution in [2.45, 2.75) is 57.7 Å². The third-order valence-electron chi connectivity index (χ3n) is 5.59. The van der Waals surface area contributed by atoms with Crippen LogP contribution in [0.15, 0.2) is 12.7 Å². The summed E-state index contributed by atoms with van der Waals surface area (Å²) in [7, 11) is -1.86. The second-order valence-corrected chi connectivity index (χ2v) is 13.0. The monoisotopic (exact) mass is 341 g/mol. The zero-order chi connectivity index (χ0) is 17.5. The first-order valence-corrected chi connectivity index (χ1v) is 11.3. The SMILES string of the molecule is C=C[C@H]1[C@H](C2(C)OCCO2)C(=O)N[C@@H]1CO[Si](C)(C)C(C)(C)C. The van der Waals surface area contributed by atoms with E-state index in [1.807, 2.05) is 13.0 Å². The predicted molar refractivity (Wildman–Crippen MR) is 92.6 cm³/mol. The number of nitrogens with one attached hydrogen (secondary N) is 1. The lowest BCUT2D eigenvalue weighted by atomic mass is 9.85. The van der Waals surface area contributed by atoms with E-state index in [0.29, 0.717) is 19.8 Å². The van der Waals surface area contributed by atoms with Gasteiger partial charge in [-0.1, -0.05) is 26.8 Å². The summed E-state index contributed by atoms with van der Waals surface area (Å²) in [5.74, 6) is -1.34. The Morgan fingerprint density at radius 3 is 2.43 bits per heavy atom. The number of amides is 1. The molecule has 2 rings (SSSR count). The highest BCUT2D eigenvalue weighted by molar-refractivity contribution is 6.74. The van der Waals surface area contributed by atoms with Crippen molar-refractivity contribution in [3.8, 4) is 0 Å². The van der Waals surface area contributed by atoms with Crippen LogP contribution in [0.5, 0.6) is 0 Å². The Balaban J connectivity index is 2.09. The lowest BCUT2D eigenvalue weighted by molar-refractivity contribution is -0.188. The van der Waals surface area contributed by atoms with E-state index in [-0.39, 0.29) is 28.8 Å². The molecule has 0 aromatic carbocycles. The van der Waals surface area contributed by atoms with Crippen molar-refractivity contribution in [2.75, 3.05) is 19.8 Å². The van der Waals surface area contributed by atoms with Gasteiger partial charge in [-0.15, -0.1) is 6.58 Å². The van der Waals surface area contributed by atoms with Gasteiger partial charge in [0.05, 0.1) is 31.8 Å². The van der Waals surface area contributed by atoms with Gasteiger partial charge >= 0.3 is 0 Å². The molecule has 2 aliphatic heterocycles. The Kier molecular flexibility index (Phi) is 5.12. The van der Waals surface area contributed by atoms with Crippen molar-refractivity contribution in [3.05, 3.63) is 12.7 Å². The van der Waals surface area contributed by atoms with Gasteiger partial charge in [-0.05, 0) is 25.1 Å². The van der Waals surface area contributed by atoms with Gasteiger partial charge in [0.25, 0.3) is 0 Å². The molecule has 23 heavy (non-hydrogen) atoms. The topological polar surface area (TPSA) is 56.8 Å². The van der Waals surface area contributed by atoms with Crippen LogP contribution in [0.3, 0.4) is 0 Å². The first kappa shape index (κ1) is 18.6. The molecule has 5 nitrogen and oxygen atoms in total. The van der Waals surface area contributed by atoms with E-state index in [2.05, 4.69) is 45.8 Å². The van der Waals surface area contributed by atoms with Crippen molar-refractivity contribution >= 4 is 14.2 Å². The smallest absolute Gasteiger partial charge is 0.229 e. The molecule has 0 unspecified atom stereocenters. The van der Waals surface area contributed by atoms with Crippen LogP contribution < -0.4 is 5.32 Å². The summed E-state index contributed by atoms with van der Waals surface area (Å²) in [5, 5.41) is 3.20. The Hall–Kier alpha value is -0.693. The molecule has 6 heteroatoms. The fourth-order valence-corrected chi connectivity index (χ4v) is 4.07. The van der Waals surface area contributed by atoms with E-state index in [0.717, 1.165) is 0 Å². The third-order valence-corrected chi connectivity index (χ3v) is 10.1. The van der Waals surface area contributed by atoms with Crippen LogP contribution in [0, 0.1) is 11.8 Å². The molecule has 2 saturated heterocycles. The van der Waals surface area contributed by atoms with Gasteiger partial charge in [0.2, 0.25) is 5.91 Å². The molecule has 132 valence electrons. The van der Waals surface area contributed by atoms with Gasteiger partial charge in [0, 0.05) is 5.92 Å². The van der Waals surface area contributed by atoms with Crippen LogP contribution in [0.1, 0.15) is 27.7 Å². The first-order valence-electron chi connectivity index (χ1n) is 8.37. The molecule has 0 radical (unpaired) electrons. The largest absolute Gasteiger partial charge is 0.415 e. The lowest BCUT2D eigenvalue weighted by Gasteiger charge is -2.37. The summed E-state index contributed by atoms with van der Waals surface area (Å²) < 4.78 is 17.7. The maximum absolute atomic E-state index is 12.5. The zero-order valence-electron chi connectivity index (χ0n) is 15.3. The van der Waals surface area contributed by atoms with Crippen molar-refractivity contribution in [1.29, 1.82) is 0 Å². The normalized spacial score (nSPS) is 31.2. The second kappa shape index (κ2) is 6.31. The second-order valence-electron chi connectivity index (χ2n) is 8.19. The number of hydrogen-bond donors (Lipinski definition) is 1. The Morgan fingerprint density at radius 2 is 1.96 bits per heavy atom. The van der Waals surface area contributed by atoms with E-state index in [4.69, 9.17) is 13.9 Å². The predicted octanol–water partition coefficient (Wildman–Crippen LogP) is 2.69. The Labute approximate surface area is 140 Å². The molecule has 1 amide bonds. The summed E-state index contributed by atoms with van der Waals surface area (Å²) in [6, 6.07) is -0.0799. The fraction of sp³-hybridized carbons (Fsp3) is 0.824. The standard InChI is InChI=1S/C17H31NO4Si/c1-8-12-13(11-22-23(6,7)16(2,3)4)18-15(19)14(12)17(5)20-9-10-21-17/h8,12-14H,1,9-11H2,2-7H3,(H,18,19)/t12-,13-,14+/m1/s1. The van der Waals surface area contributed by atoms with E-state index in [1.54, 1.807) is 0 Å². The summed E-state index contributed by atoms with van der Waals surface area (Å²) in [4.78, 5) is 12.5. The van der Waals surface area contributed by atoms with Crippen molar-refractivity contribution in [1.82, 2.24) is 5.32 Å². The average molecular weight is 342 g/mol. The third kappa shape index (κ3) is 3.55. The van der Waals surface area contributed by atoms with Crippen LogP contribution in [-0.2, 0) is 18.7 Å². The van der Waals surface area contributed by atoms with Gasteiger partial charge in [0.1, 0.15) is 0 Å². The Bertz CT molecular complexity index is 466. The summed E-state index contributed by atoms with van der Waals surface area (Å²) in [5.41, 5.74) is 0. The minimum Gasteiger partial charge on any atom is -0.415 e. The molecule has 0 saturated carbocycles. The molecule has 0 aromatic heterocycles. The molecule has 1 N–H and O–H groups in total. The number of ether oxygens (including phenoxy) is 2. The van der Waals surface area contributed by atoms with Crippen molar-refractivity contribution < 1.29 is 18.7 Å². The maximum atomic E-state index is 12.5. The van der Waals surface area contributed by atoms with Gasteiger partial charge in [-0.2, -0.15) is 0 Å². The first-order chi connectivity index (χ1) is 10.5. The Morgan fingerprint density at radius 1 is 1.39 bits per heavy atom. The van der Waals surface area contributed by atoms with E-state index in [9.17, 15) is 4.79 Å². The minimum absolute atomic E-state index is 0.0388. The molecule has 0 aliphatic carbocycles. The highest BCUT2D eigenvalue weighted by atomic mass is 28.4. The van der Waals surface area contributed by atoms with Crippen LogP contribution >= 0.6 is 0 Å². The molecular weight excluding hydrogens is 310 g/mol. The van der Waals surface area contributed by atoms with E-state index >= 15 is 0 Å². The number of rotatable bonds is 5. The molecule has 2 fully saturated rings. The van der Waals surface area contributed by atoms with Crippen molar-refractivity contribution in [2.24, 2.45) is 11.8 Å². The molecule has 0 aromatic rings. The van der Waals surface area contributed by atoms with Crippen molar-refractivity contribution in [3.63, 3.8) is 0 Å². The highest BCUT2D eigenvalue weighted by Gasteiger charge is 2.54. The molecule has 2 heterocycles. The average Bonchev–Trinajstić information content (AvgIpc) is 2.99. The summed E-state index contributed by atoms with van der Waals surface area (Å²) in [6.45, 7) is 18.4. The molecule has 0 bridgehead atoms. The van der Waals surface area contributed by atoms with Gasteiger partial charge in [0.15, 0.2) is 14.1 Å². The van der Waals surface area contributed by atoms with Crippen LogP contribution in [0.2, 0.25) is 18.1 Å². The quantitative estimate of drug-likeness (QED) is 0.617. The molecular formula is C17H31NO4Si. The maximum Gasteiger partial charge on any atom is 0.229 e. The molecule has 3 atom stereocenters. The van der Waals surface area contributed by atoms with Gasteiger partial charge in [-0.3, -0.25) is 4.79 Å².